The Labute approximate surface area is 119 Å². The van der Waals surface area contributed by atoms with Crippen molar-refractivity contribution in [3.8, 4) is 5.75 Å². The highest BCUT2D eigenvalue weighted by Crippen LogP contribution is 2.22. The van der Waals surface area contributed by atoms with Crippen molar-refractivity contribution in [2.75, 3.05) is 6.54 Å². The van der Waals surface area contributed by atoms with Gasteiger partial charge in [-0.25, -0.2) is 4.39 Å². The molecule has 2 aromatic rings. The number of phenols is 1. The molecule has 2 rings (SSSR count). The molecule has 0 radical (unpaired) electrons. The van der Waals surface area contributed by atoms with E-state index < -0.39 is 0 Å². The lowest BCUT2D eigenvalue weighted by Crippen LogP contribution is -2.25. The van der Waals surface area contributed by atoms with Crippen molar-refractivity contribution in [2.24, 2.45) is 0 Å². The molecular weight excluding hydrogens is 253 g/mol. The highest BCUT2D eigenvalue weighted by molar-refractivity contribution is 5.29. The van der Waals surface area contributed by atoms with Crippen LogP contribution >= 0.6 is 0 Å². The zero-order valence-electron chi connectivity index (χ0n) is 11.6. The van der Waals surface area contributed by atoms with Gasteiger partial charge >= 0.3 is 0 Å². The largest absolute Gasteiger partial charge is 0.508 e. The molecule has 1 atom stereocenters. The van der Waals surface area contributed by atoms with Gasteiger partial charge in [0.15, 0.2) is 0 Å². The first-order chi connectivity index (χ1) is 9.70. The molecule has 2 N–H and O–H groups in total. The maximum atomic E-state index is 14.0. The number of phenolic OH excluding ortho intramolecular Hbond substituents is 1. The Balaban J connectivity index is 2.19. The van der Waals surface area contributed by atoms with Crippen LogP contribution in [-0.4, -0.2) is 11.7 Å². The van der Waals surface area contributed by atoms with E-state index in [-0.39, 0.29) is 17.6 Å². The highest BCUT2D eigenvalue weighted by atomic mass is 19.1. The maximum Gasteiger partial charge on any atom is 0.127 e. The molecule has 0 aliphatic rings. The highest BCUT2D eigenvalue weighted by Gasteiger charge is 2.15. The van der Waals surface area contributed by atoms with Crippen molar-refractivity contribution in [1.29, 1.82) is 0 Å². The number of nitrogens with one attached hydrogen (secondary N) is 1. The van der Waals surface area contributed by atoms with Crippen molar-refractivity contribution in [1.82, 2.24) is 5.32 Å². The molecule has 20 heavy (non-hydrogen) atoms. The maximum absolute atomic E-state index is 14.0. The Morgan fingerprint density at radius 3 is 2.45 bits per heavy atom. The van der Waals surface area contributed by atoms with E-state index in [4.69, 9.17) is 0 Å². The van der Waals surface area contributed by atoms with Gasteiger partial charge in [0.05, 0.1) is 0 Å². The van der Waals surface area contributed by atoms with E-state index in [0.29, 0.717) is 12.0 Å². The second-order valence-electron chi connectivity index (χ2n) is 4.90. The van der Waals surface area contributed by atoms with E-state index in [1.165, 1.54) is 6.07 Å². The molecule has 0 saturated heterocycles. The number of halogens is 1. The Bertz CT molecular complexity index is 539. The van der Waals surface area contributed by atoms with Gasteiger partial charge in [-0.3, -0.25) is 0 Å². The minimum Gasteiger partial charge on any atom is -0.508 e. The smallest absolute Gasteiger partial charge is 0.127 e. The van der Waals surface area contributed by atoms with Crippen molar-refractivity contribution in [3.63, 3.8) is 0 Å². The molecule has 3 heteroatoms. The lowest BCUT2D eigenvalue weighted by Gasteiger charge is -2.20. The van der Waals surface area contributed by atoms with Gasteiger partial charge in [0.1, 0.15) is 11.6 Å². The fourth-order valence-corrected chi connectivity index (χ4v) is 2.24. The monoisotopic (exact) mass is 273 g/mol. The molecule has 2 nitrogen and oxygen atoms in total. The third-order valence-electron chi connectivity index (χ3n) is 3.30. The third kappa shape index (κ3) is 3.81. The van der Waals surface area contributed by atoms with E-state index in [9.17, 15) is 9.50 Å². The minimum atomic E-state index is -0.181. The zero-order valence-corrected chi connectivity index (χ0v) is 11.6. The number of hydrogen-bond donors (Lipinski definition) is 2. The standard InChI is InChI=1S/C17H20FNO/c1-2-11-19-17(15-5-3-4-6-16(15)18)12-13-7-9-14(20)10-8-13/h3-10,17,19-20H,2,11-12H2,1H3. The van der Waals surface area contributed by atoms with E-state index in [0.717, 1.165) is 18.5 Å². The predicted octanol–water partition coefficient (Wildman–Crippen LogP) is 3.81. The normalized spacial score (nSPS) is 12.3. The summed E-state index contributed by atoms with van der Waals surface area (Å²) in [6.07, 6.45) is 1.70. The van der Waals surface area contributed by atoms with E-state index in [1.54, 1.807) is 18.2 Å². The Morgan fingerprint density at radius 1 is 1.10 bits per heavy atom. The van der Waals surface area contributed by atoms with Crippen LogP contribution in [0.15, 0.2) is 48.5 Å². The van der Waals surface area contributed by atoms with Gasteiger partial charge in [-0.15, -0.1) is 0 Å². The van der Waals surface area contributed by atoms with Crippen LogP contribution in [0.5, 0.6) is 5.75 Å². The molecule has 1 unspecified atom stereocenters. The fourth-order valence-electron chi connectivity index (χ4n) is 2.24. The topological polar surface area (TPSA) is 32.3 Å². The Morgan fingerprint density at radius 2 is 1.80 bits per heavy atom. The van der Waals surface area contributed by atoms with Crippen LogP contribution in [0.1, 0.15) is 30.5 Å². The molecule has 0 aliphatic heterocycles. The summed E-state index contributed by atoms with van der Waals surface area (Å²) in [7, 11) is 0. The summed E-state index contributed by atoms with van der Waals surface area (Å²) in [4.78, 5) is 0. The summed E-state index contributed by atoms with van der Waals surface area (Å²) in [5, 5.41) is 12.7. The molecule has 0 amide bonds. The van der Waals surface area contributed by atoms with E-state index >= 15 is 0 Å². The van der Waals surface area contributed by atoms with Crippen LogP contribution < -0.4 is 5.32 Å². The summed E-state index contributed by atoms with van der Waals surface area (Å²) in [6.45, 7) is 2.93. The van der Waals surface area contributed by atoms with Gasteiger partial charge in [0.25, 0.3) is 0 Å². The van der Waals surface area contributed by atoms with Crippen LogP contribution in [0.25, 0.3) is 0 Å². The van der Waals surface area contributed by atoms with Crippen LogP contribution in [0.4, 0.5) is 4.39 Å². The van der Waals surface area contributed by atoms with Crippen LogP contribution in [0.2, 0.25) is 0 Å². The van der Waals surface area contributed by atoms with Gasteiger partial charge in [0.2, 0.25) is 0 Å². The summed E-state index contributed by atoms with van der Waals surface area (Å²) in [6, 6.07) is 13.9. The average molecular weight is 273 g/mol. The van der Waals surface area contributed by atoms with Crippen molar-refractivity contribution < 1.29 is 9.50 Å². The summed E-state index contributed by atoms with van der Waals surface area (Å²) < 4.78 is 14.0. The second-order valence-corrected chi connectivity index (χ2v) is 4.90. The quantitative estimate of drug-likeness (QED) is 0.838. The number of aromatic hydroxyl groups is 1. The molecule has 0 bridgehead atoms. The van der Waals surface area contributed by atoms with Crippen LogP contribution in [0.3, 0.4) is 0 Å². The molecule has 0 fully saturated rings. The summed E-state index contributed by atoms with van der Waals surface area (Å²) in [5.74, 6) is 0.0672. The van der Waals surface area contributed by atoms with E-state index in [1.807, 2.05) is 24.3 Å². The number of benzene rings is 2. The Hall–Kier alpha value is -1.87. The van der Waals surface area contributed by atoms with Gasteiger partial charge in [0, 0.05) is 11.6 Å². The van der Waals surface area contributed by atoms with Gasteiger partial charge in [-0.05, 0) is 43.1 Å². The average Bonchev–Trinajstić information content (AvgIpc) is 2.46. The minimum absolute atomic E-state index is 0.0549. The molecule has 106 valence electrons. The molecule has 0 heterocycles. The van der Waals surface area contributed by atoms with Crippen molar-refractivity contribution >= 4 is 0 Å². The van der Waals surface area contributed by atoms with Crippen molar-refractivity contribution in [3.05, 3.63) is 65.5 Å². The predicted molar refractivity (Wildman–Crippen MR) is 79.2 cm³/mol. The van der Waals surface area contributed by atoms with E-state index in [2.05, 4.69) is 12.2 Å². The van der Waals surface area contributed by atoms with Crippen LogP contribution in [-0.2, 0) is 6.42 Å². The first kappa shape index (κ1) is 14.5. The lowest BCUT2D eigenvalue weighted by molar-refractivity contribution is 0.473. The fraction of sp³-hybridized carbons (Fsp3) is 0.294. The molecule has 0 aliphatic carbocycles. The van der Waals surface area contributed by atoms with Gasteiger partial charge in [-0.1, -0.05) is 37.3 Å². The summed E-state index contributed by atoms with van der Waals surface area (Å²) in [5.41, 5.74) is 1.76. The summed E-state index contributed by atoms with van der Waals surface area (Å²) >= 11 is 0. The SMILES string of the molecule is CCCNC(Cc1ccc(O)cc1)c1ccccc1F. The third-order valence-corrected chi connectivity index (χ3v) is 3.30. The number of hydrogen-bond acceptors (Lipinski definition) is 2. The lowest BCUT2D eigenvalue weighted by atomic mass is 9.98. The molecular formula is C17H20FNO. The first-order valence-corrected chi connectivity index (χ1v) is 6.96. The second kappa shape index (κ2) is 7.06. The number of rotatable bonds is 6. The van der Waals surface area contributed by atoms with Crippen molar-refractivity contribution in [2.45, 2.75) is 25.8 Å². The van der Waals surface area contributed by atoms with Gasteiger partial charge < -0.3 is 10.4 Å². The Kier molecular flexibility index (Phi) is 5.13. The first-order valence-electron chi connectivity index (χ1n) is 6.96. The zero-order chi connectivity index (χ0) is 14.4. The molecule has 2 aromatic carbocycles. The molecule has 0 saturated carbocycles. The molecule has 0 spiro atoms. The van der Waals surface area contributed by atoms with Gasteiger partial charge in [-0.2, -0.15) is 0 Å². The molecule has 0 aromatic heterocycles. The van der Waals surface area contributed by atoms with Crippen LogP contribution in [0, 0.1) is 5.82 Å².